The van der Waals surface area contributed by atoms with Crippen LogP contribution in [0.25, 0.3) is 0 Å². The minimum Gasteiger partial charge on any atom is -0.322 e. The average molecular weight is 315 g/mol. The van der Waals surface area contributed by atoms with Gasteiger partial charge in [-0.1, -0.05) is 41.4 Å². The number of carbonyl (C=O) groups excluding carboxylic acids is 1. The largest absolute Gasteiger partial charge is 0.322 e. The van der Waals surface area contributed by atoms with Gasteiger partial charge in [-0.25, -0.2) is 0 Å². The van der Waals surface area contributed by atoms with Crippen molar-refractivity contribution in [2.75, 3.05) is 5.32 Å². The van der Waals surface area contributed by atoms with E-state index in [9.17, 15) is 4.79 Å². The number of anilines is 1. The maximum absolute atomic E-state index is 12.1. The van der Waals surface area contributed by atoms with Gasteiger partial charge in [0.1, 0.15) is 0 Å². The van der Waals surface area contributed by atoms with Crippen LogP contribution in [0.5, 0.6) is 0 Å². The molecule has 0 aliphatic rings. The third-order valence-electron chi connectivity index (χ3n) is 2.53. The van der Waals surface area contributed by atoms with Crippen LogP contribution in [0.15, 0.2) is 42.5 Å². The molecule has 0 aliphatic carbocycles. The highest BCUT2D eigenvalue weighted by Crippen LogP contribution is 2.25. The predicted molar refractivity (Wildman–Crippen MR) is 80.4 cm³/mol. The van der Waals surface area contributed by atoms with Crippen LogP contribution >= 0.6 is 34.8 Å². The number of nitrogens with one attached hydrogen (secondary N) is 1. The fraction of sp³-hybridized carbons (Fsp3) is 0.0714. The molecule has 0 saturated carbocycles. The van der Waals surface area contributed by atoms with E-state index in [1.165, 1.54) is 0 Å². The lowest BCUT2D eigenvalue weighted by molar-refractivity contribution is 0.102. The van der Waals surface area contributed by atoms with Gasteiger partial charge in [-0.05, 0) is 29.8 Å². The Kier molecular flexibility index (Phi) is 4.70. The Hall–Kier alpha value is -1.22. The Morgan fingerprint density at radius 1 is 1.05 bits per heavy atom. The number of benzene rings is 2. The van der Waals surface area contributed by atoms with Gasteiger partial charge in [-0.15, -0.1) is 11.6 Å². The average Bonchev–Trinajstić information content (AvgIpc) is 2.38. The fourth-order valence-corrected chi connectivity index (χ4v) is 2.38. The van der Waals surface area contributed by atoms with Crippen molar-refractivity contribution in [3.05, 3.63) is 63.6 Å². The van der Waals surface area contributed by atoms with Crippen LogP contribution in [0.2, 0.25) is 10.0 Å². The molecule has 0 spiro atoms. The first-order valence-electron chi connectivity index (χ1n) is 5.52. The van der Waals surface area contributed by atoms with Gasteiger partial charge in [0.15, 0.2) is 0 Å². The van der Waals surface area contributed by atoms with Crippen LogP contribution in [0.3, 0.4) is 0 Å². The van der Waals surface area contributed by atoms with Crippen molar-refractivity contribution in [3.8, 4) is 0 Å². The lowest BCUT2D eigenvalue weighted by atomic mass is 10.2. The highest BCUT2D eigenvalue weighted by Gasteiger charge is 2.14. The number of carbonyl (C=O) groups is 1. The van der Waals surface area contributed by atoms with E-state index in [0.717, 1.165) is 5.56 Å². The van der Waals surface area contributed by atoms with E-state index in [-0.39, 0.29) is 11.5 Å². The quantitative estimate of drug-likeness (QED) is 0.795. The van der Waals surface area contributed by atoms with Gasteiger partial charge in [0.25, 0.3) is 5.91 Å². The first-order valence-corrected chi connectivity index (χ1v) is 6.81. The first kappa shape index (κ1) is 14.2. The lowest BCUT2D eigenvalue weighted by Crippen LogP contribution is -2.13. The number of halogens is 3. The van der Waals surface area contributed by atoms with Crippen LogP contribution < -0.4 is 5.32 Å². The van der Waals surface area contributed by atoms with Crippen molar-refractivity contribution < 1.29 is 4.79 Å². The minimum atomic E-state index is -0.345. The molecule has 0 atom stereocenters. The molecule has 0 unspecified atom stereocenters. The summed E-state index contributed by atoms with van der Waals surface area (Å²) in [5.74, 6) is 0.0404. The van der Waals surface area contributed by atoms with Crippen LogP contribution in [0.1, 0.15) is 15.9 Å². The van der Waals surface area contributed by atoms with E-state index in [1.807, 2.05) is 12.1 Å². The Bertz CT molecular complexity index is 593. The topological polar surface area (TPSA) is 29.1 Å². The summed E-state index contributed by atoms with van der Waals surface area (Å²) in [6.07, 6.45) is 0. The zero-order valence-corrected chi connectivity index (χ0v) is 12.1. The Morgan fingerprint density at radius 3 is 2.32 bits per heavy atom. The highest BCUT2D eigenvalue weighted by molar-refractivity contribution is 6.40. The van der Waals surface area contributed by atoms with Crippen molar-refractivity contribution in [1.82, 2.24) is 0 Å². The third-order valence-corrected chi connectivity index (χ3v) is 3.47. The number of hydrogen-bond donors (Lipinski definition) is 1. The summed E-state index contributed by atoms with van der Waals surface area (Å²) >= 11 is 17.7. The van der Waals surface area contributed by atoms with Gasteiger partial charge in [0.2, 0.25) is 0 Å². The normalized spacial score (nSPS) is 10.3. The maximum atomic E-state index is 12.1. The SMILES string of the molecule is O=C(Nc1cccc(CCl)c1)c1c(Cl)cccc1Cl. The van der Waals surface area contributed by atoms with Crippen molar-refractivity contribution in [2.24, 2.45) is 0 Å². The number of amides is 1. The molecule has 0 bridgehead atoms. The summed E-state index contributed by atoms with van der Waals surface area (Å²) in [6.45, 7) is 0. The van der Waals surface area contributed by atoms with Gasteiger partial charge >= 0.3 is 0 Å². The molecule has 0 saturated heterocycles. The Balaban J connectivity index is 2.26. The second-order valence-electron chi connectivity index (χ2n) is 3.88. The summed E-state index contributed by atoms with van der Waals surface area (Å²) in [7, 11) is 0. The lowest BCUT2D eigenvalue weighted by Gasteiger charge is -2.09. The second kappa shape index (κ2) is 6.29. The summed E-state index contributed by atoms with van der Waals surface area (Å²) in [5, 5.41) is 3.38. The number of hydrogen-bond acceptors (Lipinski definition) is 1. The first-order chi connectivity index (χ1) is 9.11. The van der Waals surface area contributed by atoms with Crippen molar-refractivity contribution in [3.63, 3.8) is 0 Å². The minimum absolute atomic E-state index is 0.266. The smallest absolute Gasteiger partial charge is 0.258 e. The van der Waals surface area contributed by atoms with Crippen molar-refractivity contribution >= 4 is 46.4 Å². The zero-order chi connectivity index (χ0) is 13.8. The maximum Gasteiger partial charge on any atom is 0.258 e. The Morgan fingerprint density at radius 2 is 1.68 bits per heavy atom. The molecule has 2 aromatic rings. The van der Waals surface area contributed by atoms with Crippen LogP contribution in [-0.2, 0) is 5.88 Å². The van der Waals surface area contributed by atoms with E-state index in [1.54, 1.807) is 30.3 Å². The zero-order valence-electron chi connectivity index (χ0n) is 9.79. The molecule has 0 heterocycles. The van der Waals surface area contributed by atoms with Gasteiger partial charge in [-0.2, -0.15) is 0 Å². The van der Waals surface area contributed by atoms with Gasteiger partial charge in [0, 0.05) is 11.6 Å². The molecule has 2 aromatic carbocycles. The standard InChI is InChI=1S/C14H10Cl3NO/c15-8-9-3-1-4-10(7-9)18-14(19)13-11(16)5-2-6-12(13)17/h1-7H,8H2,(H,18,19). The summed E-state index contributed by atoms with van der Waals surface area (Å²) in [4.78, 5) is 12.1. The fourth-order valence-electron chi connectivity index (χ4n) is 1.64. The molecular weight excluding hydrogens is 305 g/mol. The van der Waals surface area contributed by atoms with Gasteiger partial charge in [0.05, 0.1) is 15.6 Å². The number of alkyl halides is 1. The summed E-state index contributed by atoms with van der Waals surface area (Å²) < 4.78 is 0. The molecule has 0 fully saturated rings. The summed E-state index contributed by atoms with van der Waals surface area (Å²) in [5.41, 5.74) is 1.84. The van der Waals surface area contributed by atoms with Crippen LogP contribution in [-0.4, -0.2) is 5.91 Å². The molecule has 0 aliphatic heterocycles. The van der Waals surface area contributed by atoms with E-state index >= 15 is 0 Å². The molecule has 2 rings (SSSR count). The van der Waals surface area contributed by atoms with Crippen molar-refractivity contribution in [2.45, 2.75) is 5.88 Å². The second-order valence-corrected chi connectivity index (χ2v) is 4.97. The van der Waals surface area contributed by atoms with Gasteiger partial charge in [-0.3, -0.25) is 4.79 Å². The molecule has 2 nitrogen and oxygen atoms in total. The molecule has 98 valence electrons. The molecule has 5 heteroatoms. The van der Waals surface area contributed by atoms with E-state index < -0.39 is 0 Å². The van der Waals surface area contributed by atoms with Crippen molar-refractivity contribution in [1.29, 1.82) is 0 Å². The molecular formula is C14H10Cl3NO. The van der Waals surface area contributed by atoms with E-state index in [4.69, 9.17) is 34.8 Å². The molecule has 19 heavy (non-hydrogen) atoms. The highest BCUT2D eigenvalue weighted by atomic mass is 35.5. The monoisotopic (exact) mass is 313 g/mol. The Labute approximate surface area is 126 Å². The molecule has 1 N–H and O–H groups in total. The molecule has 0 aromatic heterocycles. The van der Waals surface area contributed by atoms with Crippen LogP contribution in [0.4, 0.5) is 5.69 Å². The third kappa shape index (κ3) is 3.41. The number of rotatable bonds is 3. The van der Waals surface area contributed by atoms with Gasteiger partial charge < -0.3 is 5.32 Å². The summed E-state index contributed by atoms with van der Waals surface area (Å²) in [6, 6.07) is 12.2. The molecule has 0 radical (unpaired) electrons. The predicted octanol–water partition coefficient (Wildman–Crippen LogP) is 4.98. The van der Waals surface area contributed by atoms with E-state index in [2.05, 4.69) is 5.32 Å². The van der Waals surface area contributed by atoms with E-state index in [0.29, 0.717) is 21.6 Å². The molecule has 1 amide bonds. The van der Waals surface area contributed by atoms with Crippen LogP contribution in [0, 0.1) is 0 Å².